The van der Waals surface area contributed by atoms with Crippen LogP contribution in [0.1, 0.15) is 25.0 Å². The lowest BCUT2D eigenvalue weighted by Gasteiger charge is -2.33. The van der Waals surface area contributed by atoms with E-state index in [-0.39, 0.29) is 29.3 Å². The monoisotopic (exact) mass is 589 g/mol. The molecule has 0 heterocycles. The van der Waals surface area contributed by atoms with Crippen LogP contribution in [0.4, 0.5) is 4.39 Å². The lowest BCUT2D eigenvalue weighted by Crippen LogP contribution is -2.53. The molecule has 9 heteroatoms. The minimum atomic E-state index is -4.06. The molecule has 42 heavy (non-hydrogen) atoms. The van der Waals surface area contributed by atoms with Gasteiger partial charge in [-0.3, -0.25) is 9.59 Å². The number of rotatable bonds is 12. The molecule has 1 N–H and O–H groups in total. The molecule has 7 nitrogen and oxygen atoms in total. The maximum Gasteiger partial charge on any atom is 0.243 e. The Morgan fingerprint density at radius 3 is 2.19 bits per heavy atom. The number of amides is 2. The summed E-state index contributed by atoms with van der Waals surface area (Å²) in [5, 5.41) is 4.55. The van der Waals surface area contributed by atoms with Crippen molar-refractivity contribution < 1.29 is 22.4 Å². The fraction of sp³-hybridized carbons (Fsp3) is 0.273. The number of hydrogen-bond acceptors (Lipinski definition) is 4. The van der Waals surface area contributed by atoms with Gasteiger partial charge in [0, 0.05) is 32.1 Å². The van der Waals surface area contributed by atoms with Gasteiger partial charge in [-0.15, -0.1) is 0 Å². The van der Waals surface area contributed by atoms with Gasteiger partial charge in [-0.25, -0.2) is 12.8 Å². The molecule has 4 rings (SSSR count). The van der Waals surface area contributed by atoms with Crippen molar-refractivity contribution in [1.29, 1.82) is 0 Å². The Morgan fingerprint density at radius 2 is 1.50 bits per heavy atom. The zero-order valence-electron chi connectivity index (χ0n) is 24.0. The van der Waals surface area contributed by atoms with Crippen LogP contribution in [0.3, 0.4) is 0 Å². The third-order valence-corrected chi connectivity index (χ3v) is 8.84. The normalized spacial score (nSPS) is 12.4. The van der Waals surface area contributed by atoms with Gasteiger partial charge in [0.2, 0.25) is 21.8 Å². The van der Waals surface area contributed by atoms with E-state index in [0.29, 0.717) is 6.54 Å². The molecule has 0 aromatic heterocycles. The van der Waals surface area contributed by atoms with Crippen LogP contribution in [0.25, 0.3) is 10.8 Å². The topological polar surface area (TPSA) is 86.8 Å². The molecular weight excluding hydrogens is 553 g/mol. The average molecular weight is 590 g/mol. The van der Waals surface area contributed by atoms with E-state index in [4.69, 9.17) is 0 Å². The number of sulfonamides is 1. The second-order valence-electron chi connectivity index (χ2n) is 10.7. The number of benzene rings is 4. The molecule has 0 spiro atoms. The smallest absolute Gasteiger partial charge is 0.243 e. The largest absolute Gasteiger partial charge is 0.354 e. The zero-order valence-corrected chi connectivity index (χ0v) is 24.9. The maximum absolute atomic E-state index is 14.8. The summed E-state index contributed by atoms with van der Waals surface area (Å²) in [6, 6.07) is 26.5. The minimum absolute atomic E-state index is 0.0488. The first-order chi connectivity index (χ1) is 20.1. The van der Waals surface area contributed by atoms with Crippen molar-refractivity contribution in [3.63, 3.8) is 0 Å². The second-order valence-corrected chi connectivity index (χ2v) is 12.8. The molecule has 0 saturated heterocycles. The number of carbonyl (C=O) groups excluding carboxylic acids is 2. The number of carbonyl (C=O) groups is 2. The number of nitrogens with one attached hydrogen (secondary N) is 1. The van der Waals surface area contributed by atoms with Crippen LogP contribution in [-0.2, 0) is 32.6 Å². The van der Waals surface area contributed by atoms with Crippen molar-refractivity contribution in [3.05, 3.63) is 114 Å². The molecule has 0 aliphatic heterocycles. The van der Waals surface area contributed by atoms with E-state index in [1.54, 1.807) is 30.3 Å². The Hall–Kier alpha value is -4.08. The molecule has 4 aromatic rings. The van der Waals surface area contributed by atoms with Crippen molar-refractivity contribution in [2.75, 3.05) is 20.1 Å². The third-order valence-electron chi connectivity index (χ3n) is 7.04. The Kier molecular flexibility index (Phi) is 10.1. The van der Waals surface area contributed by atoms with E-state index in [2.05, 4.69) is 5.32 Å². The predicted octanol–water partition coefficient (Wildman–Crippen LogP) is 5.01. The number of nitrogens with zero attached hydrogens (tertiary/aromatic N) is 2. The third kappa shape index (κ3) is 7.60. The first-order valence-corrected chi connectivity index (χ1v) is 15.3. The van der Waals surface area contributed by atoms with E-state index >= 15 is 0 Å². The van der Waals surface area contributed by atoms with E-state index in [1.165, 1.54) is 24.1 Å². The van der Waals surface area contributed by atoms with Crippen LogP contribution in [0.5, 0.6) is 0 Å². The maximum atomic E-state index is 14.8. The quantitative estimate of drug-likeness (QED) is 0.252. The van der Waals surface area contributed by atoms with E-state index < -0.39 is 40.2 Å². The highest BCUT2D eigenvalue weighted by Crippen LogP contribution is 2.22. The van der Waals surface area contributed by atoms with Crippen molar-refractivity contribution in [2.24, 2.45) is 5.92 Å². The summed E-state index contributed by atoms with van der Waals surface area (Å²) in [5.74, 6) is -1.36. The highest BCUT2D eigenvalue weighted by Gasteiger charge is 2.33. The van der Waals surface area contributed by atoms with E-state index in [9.17, 15) is 22.4 Å². The van der Waals surface area contributed by atoms with Gasteiger partial charge in [0.25, 0.3) is 0 Å². The molecule has 2 amide bonds. The van der Waals surface area contributed by atoms with Gasteiger partial charge in [0.1, 0.15) is 11.9 Å². The standard InChI is InChI=1S/C33H36FN3O4S/c1-24(2)21-35-33(39)31(19-25-11-5-4-6-12-25)37(22-28-15-9-10-16-30(28)34)32(38)23-36(3)42(40,41)29-18-17-26-13-7-8-14-27(26)20-29/h4-18,20,24,31H,19,21-23H2,1-3H3,(H,35,39). The SMILES string of the molecule is CC(C)CNC(=O)C(Cc1ccccc1)N(Cc1ccccc1F)C(=O)CN(C)S(=O)(=O)c1ccc2ccccc2c1. The predicted molar refractivity (Wildman–Crippen MR) is 162 cm³/mol. The lowest BCUT2D eigenvalue weighted by molar-refractivity contribution is -0.141. The fourth-order valence-electron chi connectivity index (χ4n) is 4.66. The number of hydrogen-bond donors (Lipinski definition) is 1. The summed E-state index contributed by atoms with van der Waals surface area (Å²) in [6.45, 7) is 3.57. The Bertz CT molecular complexity index is 1640. The molecule has 0 saturated carbocycles. The highest BCUT2D eigenvalue weighted by molar-refractivity contribution is 7.89. The van der Waals surface area contributed by atoms with Crippen LogP contribution in [-0.4, -0.2) is 55.6 Å². The van der Waals surface area contributed by atoms with Gasteiger partial charge in [-0.2, -0.15) is 4.31 Å². The molecule has 0 radical (unpaired) electrons. The summed E-state index contributed by atoms with van der Waals surface area (Å²) in [4.78, 5) is 28.9. The zero-order chi connectivity index (χ0) is 30.3. The van der Waals surface area contributed by atoms with E-state index in [1.807, 2.05) is 68.4 Å². The van der Waals surface area contributed by atoms with Gasteiger partial charge < -0.3 is 10.2 Å². The number of likely N-dealkylation sites (N-methyl/N-ethyl adjacent to an activating group) is 1. The van der Waals surface area contributed by atoms with Gasteiger partial charge >= 0.3 is 0 Å². The molecule has 1 atom stereocenters. The van der Waals surface area contributed by atoms with Crippen LogP contribution in [0, 0.1) is 11.7 Å². The van der Waals surface area contributed by atoms with Gasteiger partial charge in [-0.1, -0.05) is 92.7 Å². The fourth-order valence-corrected chi connectivity index (χ4v) is 5.82. The summed E-state index contributed by atoms with van der Waals surface area (Å²) in [7, 11) is -2.73. The molecule has 1 unspecified atom stereocenters. The molecule has 0 bridgehead atoms. The summed E-state index contributed by atoms with van der Waals surface area (Å²) < 4.78 is 42.9. The van der Waals surface area contributed by atoms with Crippen molar-refractivity contribution in [1.82, 2.24) is 14.5 Å². The van der Waals surface area contributed by atoms with Crippen molar-refractivity contribution >= 4 is 32.6 Å². The van der Waals surface area contributed by atoms with Crippen molar-refractivity contribution in [3.8, 4) is 0 Å². The minimum Gasteiger partial charge on any atom is -0.354 e. The highest BCUT2D eigenvalue weighted by atomic mass is 32.2. The molecular formula is C33H36FN3O4S. The Morgan fingerprint density at radius 1 is 0.857 bits per heavy atom. The van der Waals surface area contributed by atoms with Crippen molar-refractivity contribution in [2.45, 2.75) is 37.8 Å². The Balaban J connectivity index is 1.67. The van der Waals surface area contributed by atoms with Gasteiger partial charge in [0.05, 0.1) is 11.4 Å². The first-order valence-electron chi connectivity index (χ1n) is 13.9. The Labute approximate surface area is 247 Å². The van der Waals surface area contributed by atoms with Crippen LogP contribution >= 0.6 is 0 Å². The molecule has 220 valence electrons. The average Bonchev–Trinajstić information content (AvgIpc) is 2.98. The summed E-state index contributed by atoms with van der Waals surface area (Å²) >= 11 is 0. The van der Waals surface area contributed by atoms with Crippen LogP contribution in [0.15, 0.2) is 102 Å². The van der Waals surface area contributed by atoms with Crippen LogP contribution < -0.4 is 5.32 Å². The summed E-state index contributed by atoms with van der Waals surface area (Å²) in [6.07, 6.45) is 0.173. The molecule has 4 aromatic carbocycles. The summed E-state index contributed by atoms with van der Waals surface area (Å²) in [5.41, 5.74) is 1.03. The molecule has 0 fully saturated rings. The second kappa shape index (κ2) is 13.7. The molecule has 0 aliphatic carbocycles. The lowest BCUT2D eigenvalue weighted by atomic mass is 10.0. The number of fused-ring (bicyclic) bond motifs is 1. The number of halogens is 1. The van der Waals surface area contributed by atoms with Gasteiger partial charge in [0.15, 0.2) is 0 Å². The molecule has 0 aliphatic rings. The van der Waals surface area contributed by atoms with E-state index in [0.717, 1.165) is 20.6 Å². The van der Waals surface area contributed by atoms with Crippen LogP contribution in [0.2, 0.25) is 0 Å². The van der Waals surface area contributed by atoms with Gasteiger partial charge in [-0.05, 0) is 40.5 Å². The first kappa shape index (κ1) is 30.9.